The van der Waals surface area contributed by atoms with Crippen LogP contribution < -0.4 is 10.6 Å². The lowest BCUT2D eigenvalue weighted by Gasteiger charge is -2.28. The fourth-order valence-electron chi connectivity index (χ4n) is 2.81. The minimum atomic E-state index is -0.606. The lowest BCUT2D eigenvalue weighted by molar-refractivity contribution is 0.0506. The van der Waals surface area contributed by atoms with Gasteiger partial charge in [0.2, 0.25) is 5.89 Å². The van der Waals surface area contributed by atoms with Crippen molar-refractivity contribution in [2.45, 2.75) is 38.6 Å². The summed E-state index contributed by atoms with van der Waals surface area (Å²) in [4.78, 5) is 20.5. The van der Waals surface area contributed by atoms with Crippen LogP contribution in [0.25, 0.3) is 0 Å². The molecule has 1 aliphatic heterocycles. The van der Waals surface area contributed by atoms with Gasteiger partial charge in [-0.1, -0.05) is 19.0 Å². The van der Waals surface area contributed by atoms with Gasteiger partial charge in [-0.3, -0.25) is 4.98 Å². The highest BCUT2D eigenvalue weighted by Gasteiger charge is 2.31. The van der Waals surface area contributed by atoms with E-state index in [1.54, 1.807) is 0 Å². The van der Waals surface area contributed by atoms with Crippen molar-refractivity contribution in [3.05, 3.63) is 36.0 Å². The van der Waals surface area contributed by atoms with Crippen LogP contribution in [-0.2, 0) is 4.74 Å². The zero-order valence-corrected chi connectivity index (χ0v) is 14.7. The molecule has 0 spiro atoms. The molecule has 0 bridgehead atoms. The fourth-order valence-corrected chi connectivity index (χ4v) is 2.81. The quantitative estimate of drug-likeness (QED) is 0.847. The fraction of sp³-hybridized carbons (Fsp3) is 0.529. The summed E-state index contributed by atoms with van der Waals surface area (Å²) in [5.41, 5.74) is 0.0524. The van der Waals surface area contributed by atoms with E-state index < -0.39 is 17.9 Å². The van der Waals surface area contributed by atoms with E-state index >= 15 is 0 Å². The van der Waals surface area contributed by atoms with Crippen LogP contribution in [0.15, 0.2) is 23.0 Å². The Labute approximate surface area is 150 Å². The average molecular weight is 363 g/mol. The van der Waals surface area contributed by atoms with Crippen LogP contribution in [-0.4, -0.2) is 34.4 Å². The van der Waals surface area contributed by atoms with Crippen molar-refractivity contribution in [2.75, 3.05) is 18.5 Å². The molecule has 0 aromatic carbocycles. The van der Waals surface area contributed by atoms with E-state index in [0.717, 1.165) is 19.0 Å². The van der Waals surface area contributed by atoms with E-state index in [9.17, 15) is 9.18 Å². The van der Waals surface area contributed by atoms with Gasteiger partial charge in [0.25, 0.3) is 0 Å². The van der Waals surface area contributed by atoms with Gasteiger partial charge >= 0.3 is 6.03 Å². The molecule has 0 aliphatic carbocycles. The minimum absolute atomic E-state index is 0.0524. The first-order valence-corrected chi connectivity index (χ1v) is 8.63. The Hall–Kier alpha value is -2.55. The topological polar surface area (TPSA) is 102 Å². The predicted molar refractivity (Wildman–Crippen MR) is 91.0 cm³/mol. The Morgan fingerprint density at radius 2 is 2.12 bits per heavy atom. The first-order valence-electron chi connectivity index (χ1n) is 8.63. The first-order chi connectivity index (χ1) is 12.5. The van der Waals surface area contributed by atoms with Gasteiger partial charge in [0.1, 0.15) is 6.04 Å². The third-order valence-electron chi connectivity index (χ3n) is 4.28. The van der Waals surface area contributed by atoms with Gasteiger partial charge in [-0.2, -0.15) is 4.98 Å². The standard InChI is InChI=1S/C17H22FN5O3/c1-10(2)15-22-16(26-23-15)14(11-4-7-25-8-5-11)21-17(24)20-13-3-6-19-9-12(13)18/h3,6,9-11,14H,4-5,7-8H2,1-2H3,(H2,19,20,21,24). The predicted octanol–water partition coefficient (Wildman–Crippen LogP) is 3.02. The summed E-state index contributed by atoms with van der Waals surface area (Å²) < 4.78 is 24.5. The maximum atomic E-state index is 13.7. The number of nitrogens with zero attached hydrogens (tertiary/aromatic N) is 3. The van der Waals surface area contributed by atoms with Crippen LogP contribution in [0.3, 0.4) is 0 Å². The van der Waals surface area contributed by atoms with Crippen molar-refractivity contribution >= 4 is 11.7 Å². The number of pyridine rings is 1. The van der Waals surface area contributed by atoms with Crippen LogP contribution in [0, 0.1) is 11.7 Å². The van der Waals surface area contributed by atoms with Crippen LogP contribution in [0.4, 0.5) is 14.9 Å². The molecule has 26 heavy (non-hydrogen) atoms. The second kappa shape index (κ2) is 8.22. The van der Waals surface area contributed by atoms with Crippen molar-refractivity contribution in [1.82, 2.24) is 20.4 Å². The number of nitrogens with one attached hydrogen (secondary N) is 2. The molecular weight excluding hydrogens is 341 g/mol. The molecule has 2 amide bonds. The Bertz CT molecular complexity index is 746. The Morgan fingerprint density at radius 3 is 2.77 bits per heavy atom. The van der Waals surface area contributed by atoms with Crippen LogP contribution >= 0.6 is 0 Å². The molecule has 140 valence electrons. The summed E-state index contributed by atoms with van der Waals surface area (Å²) in [6.45, 7) is 5.14. The number of hydrogen-bond acceptors (Lipinski definition) is 6. The third kappa shape index (κ3) is 4.34. The van der Waals surface area contributed by atoms with Crippen LogP contribution in [0.1, 0.15) is 50.4 Å². The Kier molecular flexibility index (Phi) is 5.77. The molecule has 1 unspecified atom stereocenters. The number of anilines is 1. The summed E-state index contributed by atoms with van der Waals surface area (Å²) in [6.07, 6.45) is 3.96. The molecule has 1 aliphatic rings. The molecule has 1 saturated heterocycles. The van der Waals surface area contributed by atoms with Crippen molar-refractivity contribution in [3.8, 4) is 0 Å². The number of carbonyl (C=O) groups excluding carboxylic acids is 1. The molecule has 9 heteroatoms. The Balaban J connectivity index is 1.76. The van der Waals surface area contributed by atoms with E-state index in [1.807, 2.05) is 13.8 Å². The summed E-state index contributed by atoms with van der Waals surface area (Å²) in [5, 5.41) is 9.31. The zero-order valence-electron chi connectivity index (χ0n) is 14.7. The van der Waals surface area contributed by atoms with E-state index in [4.69, 9.17) is 9.26 Å². The molecule has 2 aromatic rings. The van der Waals surface area contributed by atoms with Crippen LogP contribution in [0.2, 0.25) is 0 Å². The maximum Gasteiger partial charge on any atom is 0.319 e. The van der Waals surface area contributed by atoms with Gasteiger partial charge in [-0.05, 0) is 24.8 Å². The molecule has 1 fully saturated rings. The molecular formula is C17H22FN5O3. The lowest BCUT2D eigenvalue weighted by Crippen LogP contribution is -2.38. The van der Waals surface area contributed by atoms with Crippen molar-refractivity contribution in [1.29, 1.82) is 0 Å². The molecule has 1 atom stereocenters. The summed E-state index contributed by atoms with van der Waals surface area (Å²) >= 11 is 0. The van der Waals surface area contributed by atoms with Crippen molar-refractivity contribution in [3.63, 3.8) is 0 Å². The van der Waals surface area contributed by atoms with Gasteiger partial charge in [-0.15, -0.1) is 0 Å². The van der Waals surface area contributed by atoms with Gasteiger partial charge in [-0.25, -0.2) is 9.18 Å². The lowest BCUT2D eigenvalue weighted by atomic mass is 9.91. The molecule has 2 N–H and O–H groups in total. The average Bonchev–Trinajstić information content (AvgIpc) is 3.12. The van der Waals surface area contributed by atoms with Crippen molar-refractivity contribution < 1.29 is 18.4 Å². The van der Waals surface area contributed by atoms with E-state index in [1.165, 1.54) is 12.3 Å². The van der Waals surface area contributed by atoms with E-state index in [-0.39, 0.29) is 17.5 Å². The van der Waals surface area contributed by atoms with Crippen molar-refractivity contribution in [2.24, 2.45) is 5.92 Å². The number of ether oxygens (including phenoxy) is 1. The van der Waals surface area contributed by atoms with Gasteiger partial charge in [0, 0.05) is 25.3 Å². The van der Waals surface area contributed by atoms with Gasteiger partial charge in [0.05, 0.1) is 11.9 Å². The maximum absolute atomic E-state index is 13.7. The molecule has 0 saturated carbocycles. The molecule has 2 aromatic heterocycles. The van der Waals surface area contributed by atoms with Crippen LogP contribution in [0.5, 0.6) is 0 Å². The normalized spacial score (nSPS) is 16.5. The summed E-state index contributed by atoms with van der Waals surface area (Å²) in [5.74, 6) is 0.537. The number of halogens is 1. The monoisotopic (exact) mass is 363 g/mol. The second-order valence-corrected chi connectivity index (χ2v) is 6.53. The highest BCUT2D eigenvalue weighted by Crippen LogP contribution is 2.30. The molecule has 3 rings (SSSR count). The summed E-state index contributed by atoms with van der Waals surface area (Å²) in [7, 11) is 0. The van der Waals surface area contributed by atoms with Gasteiger partial charge < -0.3 is 19.9 Å². The van der Waals surface area contributed by atoms with E-state index in [0.29, 0.717) is 24.9 Å². The Morgan fingerprint density at radius 1 is 1.35 bits per heavy atom. The largest absolute Gasteiger partial charge is 0.381 e. The highest BCUT2D eigenvalue weighted by molar-refractivity contribution is 5.89. The minimum Gasteiger partial charge on any atom is -0.381 e. The highest BCUT2D eigenvalue weighted by atomic mass is 19.1. The number of amides is 2. The molecule has 3 heterocycles. The number of aromatic nitrogens is 3. The second-order valence-electron chi connectivity index (χ2n) is 6.53. The molecule has 0 radical (unpaired) electrons. The number of urea groups is 1. The summed E-state index contributed by atoms with van der Waals surface area (Å²) in [6, 6.07) is 0.377. The number of carbonyl (C=O) groups is 1. The van der Waals surface area contributed by atoms with Gasteiger partial charge in [0.15, 0.2) is 11.6 Å². The number of hydrogen-bond donors (Lipinski definition) is 2. The SMILES string of the molecule is CC(C)c1noc(C(NC(=O)Nc2ccncc2F)C2CCOCC2)n1. The first kappa shape index (κ1) is 18.2. The smallest absolute Gasteiger partial charge is 0.319 e. The third-order valence-corrected chi connectivity index (χ3v) is 4.28. The number of rotatable bonds is 5. The van der Waals surface area contributed by atoms with E-state index in [2.05, 4.69) is 25.8 Å². The molecule has 8 nitrogen and oxygen atoms in total. The zero-order chi connectivity index (χ0) is 18.5.